The molecule has 2 aromatic heterocycles. The van der Waals surface area contributed by atoms with Gasteiger partial charge >= 0.3 is 0 Å². The van der Waals surface area contributed by atoms with Crippen molar-refractivity contribution in [2.75, 3.05) is 5.73 Å². The summed E-state index contributed by atoms with van der Waals surface area (Å²) in [5.41, 5.74) is 7.75. The first-order chi connectivity index (χ1) is 7.63. The third-order valence-corrected chi connectivity index (χ3v) is 2.74. The van der Waals surface area contributed by atoms with E-state index in [-0.39, 0.29) is 0 Å². The van der Waals surface area contributed by atoms with Gasteiger partial charge in [0.05, 0.1) is 12.4 Å². The summed E-state index contributed by atoms with van der Waals surface area (Å²) in [6.45, 7) is 4.02. The van der Waals surface area contributed by atoms with Gasteiger partial charge in [-0.3, -0.25) is 4.98 Å². The molecule has 0 bridgehead atoms. The van der Waals surface area contributed by atoms with E-state index < -0.39 is 0 Å². The van der Waals surface area contributed by atoms with E-state index in [2.05, 4.69) is 15.0 Å². The molecule has 0 aliphatic rings. The van der Waals surface area contributed by atoms with Crippen LogP contribution in [0.2, 0.25) is 0 Å². The van der Waals surface area contributed by atoms with Crippen molar-refractivity contribution in [1.82, 2.24) is 15.0 Å². The summed E-state index contributed by atoms with van der Waals surface area (Å²) in [4.78, 5) is 12.6. The van der Waals surface area contributed by atoms with Gasteiger partial charge in [-0.25, -0.2) is 9.97 Å². The smallest absolute Gasteiger partial charge is 0.143 e. The molecular weight excluding hydrogens is 220 g/mol. The molecule has 2 rings (SSSR count). The van der Waals surface area contributed by atoms with E-state index >= 15 is 0 Å². The van der Waals surface area contributed by atoms with Crippen molar-refractivity contribution in [3.63, 3.8) is 0 Å². The standard InChI is InChI=1S/C11H12N4S/c1-7-3-8(2)14-10(4-7)16-11-6-13-5-9(12)15-11/h3-6H,1-2H3,(H2,12,15). The van der Waals surface area contributed by atoms with E-state index in [1.165, 1.54) is 23.5 Å². The van der Waals surface area contributed by atoms with Gasteiger partial charge in [0.2, 0.25) is 0 Å². The highest BCUT2D eigenvalue weighted by Gasteiger charge is 2.02. The summed E-state index contributed by atoms with van der Waals surface area (Å²) >= 11 is 1.47. The lowest BCUT2D eigenvalue weighted by molar-refractivity contribution is 1.02. The van der Waals surface area contributed by atoms with Crippen molar-refractivity contribution in [3.8, 4) is 0 Å². The lowest BCUT2D eigenvalue weighted by atomic mass is 10.3. The van der Waals surface area contributed by atoms with Crippen LogP contribution in [0.25, 0.3) is 0 Å². The fraction of sp³-hybridized carbons (Fsp3) is 0.182. The number of anilines is 1. The van der Waals surface area contributed by atoms with Gasteiger partial charge in [0, 0.05) is 5.69 Å². The molecule has 2 aromatic rings. The first-order valence-electron chi connectivity index (χ1n) is 4.84. The number of nitrogen functional groups attached to an aromatic ring is 1. The minimum absolute atomic E-state index is 0.425. The quantitative estimate of drug-likeness (QED) is 0.860. The second-order valence-electron chi connectivity index (χ2n) is 3.51. The van der Waals surface area contributed by atoms with Gasteiger partial charge in [0.1, 0.15) is 15.9 Å². The summed E-state index contributed by atoms with van der Waals surface area (Å²) in [5, 5.41) is 1.68. The first-order valence-corrected chi connectivity index (χ1v) is 5.66. The normalized spacial score (nSPS) is 10.4. The molecule has 0 aromatic carbocycles. The summed E-state index contributed by atoms with van der Waals surface area (Å²) in [6, 6.07) is 4.05. The maximum absolute atomic E-state index is 5.56. The predicted octanol–water partition coefficient (Wildman–Crippen LogP) is 2.22. The van der Waals surface area contributed by atoms with Gasteiger partial charge in [0.25, 0.3) is 0 Å². The molecule has 5 heteroatoms. The Hall–Kier alpha value is -1.62. The lowest BCUT2D eigenvalue weighted by Gasteiger charge is -2.03. The number of pyridine rings is 1. The Kier molecular flexibility index (Phi) is 3.05. The summed E-state index contributed by atoms with van der Waals surface area (Å²) < 4.78 is 0. The van der Waals surface area contributed by atoms with E-state index in [1.54, 1.807) is 6.20 Å². The molecule has 0 radical (unpaired) electrons. The van der Waals surface area contributed by atoms with Gasteiger partial charge in [-0.2, -0.15) is 0 Å². The molecule has 0 aliphatic carbocycles. The molecule has 0 fully saturated rings. The van der Waals surface area contributed by atoms with Crippen LogP contribution in [-0.2, 0) is 0 Å². The fourth-order valence-corrected chi connectivity index (χ4v) is 2.29. The number of nitrogens with two attached hydrogens (primary N) is 1. The molecule has 0 spiro atoms. The minimum atomic E-state index is 0.425. The van der Waals surface area contributed by atoms with Crippen LogP contribution in [0.3, 0.4) is 0 Å². The van der Waals surface area contributed by atoms with Gasteiger partial charge in [-0.1, -0.05) is 0 Å². The number of rotatable bonds is 2. The van der Waals surface area contributed by atoms with Gasteiger partial charge in [0.15, 0.2) is 0 Å². The number of hydrogen-bond acceptors (Lipinski definition) is 5. The van der Waals surface area contributed by atoms with Crippen LogP contribution in [0, 0.1) is 13.8 Å². The summed E-state index contributed by atoms with van der Waals surface area (Å²) in [5.74, 6) is 0.425. The third-order valence-electron chi connectivity index (χ3n) is 1.91. The number of nitrogens with zero attached hydrogens (tertiary/aromatic N) is 3. The number of aryl methyl sites for hydroxylation is 2. The van der Waals surface area contributed by atoms with Crippen LogP contribution in [0.15, 0.2) is 34.6 Å². The van der Waals surface area contributed by atoms with Crippen molar-refractivity contribution in [2.24, 2.45) is 0 Å². The summed E-state index contributed by atoms with van der Waals surface area (Å²) in [7, 11) is 0. The predicted molar refractivity (Wildman–Crippen MR) is 64.3 cm³/mol. The van der Waals surface area contributed by atoms with Gasteiger partial charge < -0.3 is 5.73 Å². The topological polar surface area (TPSA) is 64.7 Å². The maximum atomic E-state index is 5.56. The molecule has 0 amide bonds. The van der Waals surface area contributed by atoms with E-state index in [9.17, 15) is 0 Å². The Balaban J connectivity index is 2.27. The van der Waals surface area contributed by atoms with Crippen LogP contribution < -0.4 is 5.73 Å². The second-order valence-corrected chi connectivity index (χ2v) is 4.55. The molecule has 4 nitrogen and oxygen atoms in total. The molecule has 16 heavy (non-hydrogen) atoms. The Morgan fingerprint density at radius 1 is 1.06 bits per heavy atom. The molecule has 82 valence electrons. The summed E-state index contributed by atoms with van der Waals surface area (Å²) in [6.07, 6.45) is 3.21. The van der Waals surface area contributed by atoms with Crippen LogP contribution in [-0.4, -0.2) is 15.0 Å². The van der Waals surface area contributed by atoms with Crippen LogP contribution in [0.5, 0.6) is 0 Å². The van der Waals surface area contributed by atoms with Crippen molar-refractivity contribution in [3.05, 3.63) is 35.8 Å². The van der Waals surface area contributed by atoms with E-state index in [0.29, 0.717) is 5.82 Å². The van der Waals surface area contributed by atoms with Crippen molar-refractivity contribution in [1.29, 1.82) is 0 Å². The number of aromatic nitrogens is 3. The van der Waals surface area contributed by atoms with Crippen LogP contribution >= 0.6 is 11.8 Å². The molecule has 0 aliphatic heterocycles. The largest absolute Gasteiger partial charge is 0.382 e. The highest BCUT2D eigenvalue weighted by atomic mass is 32.2. The van der Waals surface area contributed by atoms with Crippen molar-refractivity contribution in [2.45, 2.75) is 23.9 Å². The SMILES string of the molecule is Cc1cc(C)nc(Sc2cncc(N)n2)c1. The molecule has 2 N–H and O–H groups in total. The zero-order valence-electron chi connectivity index (χ0n) is 9.14. The molecule has 0 saturated heterocycles. The molecule has 0 unspecified atom stereocenters. The number of hydrogen-bond donors (Lipinski definition) is 1. The average molecular weight is 232 g/mol. The molecular formula is C11H12N4S. The highest BCUT2D eigenvalue weighted by molar-refractivity contribution is 7.99. The van der Waals surface area contributed by atoms with Crippen molar-refractivity contribution < 1.29 is 0 Å². The van der Waals surface area contributed by atoms with E-state index in [4.69, 9.17) is 5.73 Å². The monoisotopic (exact) mass is 232 g/mol. The zero-order valence-corrected chi connectivity index (χ0v) is 9.95. The Labute approximate surface area is 98.3 Å². The molecule has 2 heterocycles. The van der Waals surface area contributed by atoms with Crippen LogP contribution in [0.1, 0.15) is 11.3 Å². The second kappa shape index (κ2) is 4.49. The Morgan fingerprint density at radius 2 is 1.88 bits per heavy atom. The van der Waals surface area contributed by atoms with Crippen LogP contribution in [0.4, 0.5) is 5.82 Å². The molecule has 0 atom stereocenters. The molecule has 0 saturated carbocycles. The maximum Gasteiger partial charge on any atom is 0.143 e. The Bertz CT molecular complexity index is 493. The van der Waals surface area contributed by atoms with Crippen molar-refractivity contribution >= 4 is 17.6 Å². The highest BCUT2D eigenvalue weighted by Crippen LogP contribution is 2.25. The fourth-order valence-electron chi connectivity index (χ4n) is 1.38. The average Bonchev–Trinajstić information content (AvgIpc) is 2.15. The lowest BCUT2D eigenvalue weighted by Crippen LogP contribution is -1.93. The minimum Gasteiger partial charge on any atom is -0.382 e. The van der Waals surface area contributed by atoms with E-state index in [1.807, 2.05) is 26.0 Å². The van der Waals surface area contributed by atoms with Gasteiger partial charge in [-0.05, 0) is 43.3 Å². The zero-order chi connectivity index (χ0) is 11.5. The Morgan fingerprint density at radius 3 is 2.56 bits per heavy atom. The van der Waals surface area contributed by atoms with Gasteiger partial charge in [-0.15, -0.1) is 0 Å². The first kappa shape index (κ1) is 10.9. The third kappa shape index (κ3) is 2.70. The van der Waals surface area contributed by atoms with E-state index in [0.717, 1.165) is 15.7 Å².